The van der Waals surface area contributed by atoms with Gasteiger partial charge in [0.1, 0.15) is 4.21 Å². The average molecular weight is 360 g/mol. The summed E-state index contributed by atoms with van der Waals surface area (Å²) in [5.41, 5.74) is 0.458. The number of ether oxygens (including phenoxy) is 1. The van der Waals surface area contributed by atoms with E-state index in [2.05, 4.69) is 10.0 Å². The first kappa shape index (κ1) is 16.8. The topological polar surface area (TPSA) is 105 Å². The lowest BCUT2D eigenvalue weighted by Crippen LogP contribution is -2.32. The van der Waals surface area contributed by atoms with Crippen LogP contribution < -0.4 is 10.0 Å². The van der Waals surface area contributed by atoms with E-state index in [-0.39, 0.29) is 21.7 Å². The fourth-order valence-corrected chi connectivity index (χ4v) is 5.95. The summed E-state index contributed by atoms with van der Waals surface area (Å²) < 4.78 is 32.9. The van der Waals surface area contributed by atoms with Crippen LogP contribution in [-0.2, 0) is 27.7 Å². The highest BCUT2D eigenvalue weighted by Gasteiger charge is 2.44. The van der Waals surface area contributed by atoms with Gasteiger partial charge in [0, 0.05) is 30.5 Å². The van der Waals surface area contributed by atoms with Gasteiger partial charge in [-0.3, -0.25) is 0 Å². The first-order valence-electron chi connectivity index (χ1n) is 7.46. The second kappa shape index (κ2) is 6.14. The third-order valence-corrected chi connectivity index (χ3v) is 7.55. The molecule has 1 saturated carbocycles. The van der Waals surface area contributed by atoms with Crippen LogP contribution >= 0.6 is 11.3 Å². The minimum absolute atomic E-state index is 0.0596. The molecule has 7 nitrogen and oxygen atoms in total. The van der Waals surface area contributed by atoms with Crippen LogP contribution in [-0.4, -0.2) is 46.3 Å². The monoisotopic (exact) mass is 360 g/mol. The van der Waals surface area contributed by atoms with Gasteiger partial charge in [-0.15, -0.1) is 11.3 Å². The molecule has 0 aromatic carbocycles. The molecule has 23 heavy (non-hydrogen) atoms. The van der Waals surface area contributed by atoms with Crippen molar-refractivity contribution in [1.82, 2.24) is 10.0 Å². The van der Waals surface area contributed by atoms with Gasteiger partial charge in [0.05, 0.1) is 12.2 Å². The first-order chi connectivity index (χ1) is 10.9. The van der Waals surface area contributed by atoms with Gasteiger partial charge >= 0.3 is 5.97 Å². The molecule has 2 heterocycles. The van der Waals surface area contributed by atoms with Crippen LogP contribution in [0.5, 0.6) is 0 Å². The van der Waals surface area contributed by atoms with E-state index in [0.29, 0.717) is 31.7 Å². The molecular formula is C14H20N2O5S2. The summed E-state index contributed by atoms with van der Waals surface area (Å²) in [5.74, 6) is -1.18. The van der Waals surface area contributed by atoms with Gasteiger partial charge in [-0.2, -0.15) is 0 Å². The average Bonchev–Trinajstić information content (AvgIpc) is 3.14. The summed E-state index contributed by atoms with van der Waals surface area (Å²) >= 11 is 1.06. The van der Waals surface area contributed by atoms with Crippen LogP contribution in [0, 0.1) is 5.41 Å². The number of fused-ring (bicyclic) bond motifs is 1. The quantitative estimate of drug-likeness (QED) is 0.664. The van der Waals surface area contributed by atoms with Crippen molar-refractivity contribution in [3.05, 3.63) is 16.0 Å². The Morgan fingerprint density at radius 2 is 2.22 bits per heavy atom. The largest absolute Gasteiger partial charge is 0.478 e. The van der Waals surface area contributed by atoms with E-state index in [1.807, 2.05) is 0 Å². The van der Waals surface area contributed by atoms with Crippen molar-refractivity contribution in [2.75, 3.05) is 26.8 Å². The number of aromatic carboxylic acids is 1. The van der Waals surface area contributed by atoms with Gasteiger partial charge in [0.2, 0.25) is 0 Å². The molecule has 1 aliphatic carbocycles. The number of carbonyl (C=O) groups is 1. The smallest absolute Gasteiger partial charge is 0.338 e. The van der Waals surface area contributed by atoms with Crippen molar-refractivity contribution in [2.24, 2.45) is 5.41 Å². The Balaban J connectivity index is 1.88. The van der Waals surface area contributed by atoms with E-state index in [1.54, 1.807) is 7.11 Å². The van der Waals surface area contributed by atoms with Crippen LogP contribution in [0.15, 0.2) is 4.21 Å². The third kappa shape index (κ3) is 3.29. The van der Waals surface area contributed by atoms with Crippen molar-refractivity contribution in [3.8, 4) is 0 Å². The van der Waals surface area contributed by atoms with Gasteiger partial charge in [-0.25, -0.2) is 17.9 Å². The molecule has 0 radical (unpaired) electrons. The highest BCUT2D eigenvalue weighted by Crippen LogP contribution is 2.45. The Bertz CT molecular complexity index is 722. The second-order valence-electron chi connectivity index (χ2n) is 6.16. The SMILES string of the molecule is COCC1(CNS(=O)(=O)c2sc3c(c2C(=O)O)CCNC3)CC1. The minimum atomic E-state index is -3.84. The summed E-state index contributed by atoms with van der Waals surface area (Å²) in [6.07, 6.45) is 2.37. The van der Waals surface area contributed by atoms with Crippen LogP contribution in [0.3, 0.4) is 0 Å². The fourth-order valence-electron chi connectivity index (χ4n) is 2.88. The lowest BCUT2D eigenvalue weighted by atomic mass is 10.1. The number of hydrogen-bond acceptors (Lipinski definition) is 6. The summed E-state index contributed by atoms with van der Waals surface area (Å²) in [7, 11) is -2.24. The number of rotatable bonds is 7. The van der Waals surface area contributed by atoms with Crippen molar-refractivity contribution in [1.29, 1.82) is 0 Å². The Labute approximate surface area is 139 Å². The zero-order chi connectivity index (χ0) is 16.7. The standard InChI is InChI=1S/C14H20N2O5S2/c1-21-8-14(3-4-14)7-16-23(19,20)13-11(12(17)18)9-2-5-15-6-10(9)22-13/h15-16H,2-8H2,1H3,(H,17,18). The molecule has 128 valence electrons. The van der Waals surface area contributed by atoms with Gasteiger partial charge in [0.25, 0.3) is 10.0 Å². The molecule has 9 heteroatoms. The predicted octanol–water partition coefficient (Wildman–Crippen LogP) is 0.797. The normalized spacial score (nSPS) is 19.3. The van der Waals surface area contributed by atoms with Crippen LogP contribution in [0.2, 0.25) is 0 Å². The Morgan fingerprint density at radius 3 is 2.83 bits per heavy atom. The number of thiophene rings is 1. The van der Waals surface area contributed by atoms with Crippen molar-refractivity contribution >= 4 is 27.3 Å². The lowest BCUT2D eigenvalue weighted by molar-refractivity contribution is 0.0692. The zero-order valence-corrected chi connectivity index (χ0v) is 14.5. The highest BCUT2D eigenvalue weighted by molar-refractivity contribution is 7.91. The van der Waals surface area contributed by atoms with Gasteiger partial charge in [0.15, 0.2) is 0 Å². The number of methoxy groups -OCH3 is 1. The van der Waals surface area contributed by atoms with E-state index >= 15 is 0 Å². The van der Waals surface area contributed by atoms with Gasteiger partial charge in [-0.05, 0) is 31.4 Å². The molecule has 0 unspecified atom stereocenters. The first-order valence-corrected chi connectivity index (χ1v) is 9.76. The molecule has 0 amide bonds. The number of carboxylic acids is 1. The van der Waals surface area contributed by atoms with Crippen molar-refractivity contribution in [2.45, 2.75) is 30.0 Å². The number of hydrogen-bond donors (Lipinski definition) is 3. The maximum Gasteiger partial charge on any atom is 0.338 e. The van der Waals surface area contributed by atoms with Crippen LogP contribution in [0.1, 0.15) is 33.6 Å². The fraction of sp³-hybridized carbons (Fsp3) is 0.643. The molecule has 1 aliphatic heterocycles. The Hall–Kier alpha value is -1.00. The summed E-state index contributed by atoms with van der Waals surface area (Å²) in [4.78, 5) is 12.4. The highest BCUT2D eigenvalue weighted by atomic mass is 32.2. The van der Waals surface area contributed by atoms with Crippen LogP contribution in [0.4, 0.5) is 0 Å². The molecule has 1 aromatic rings. The van der Waals surface area contributed by atoms with Gasteiger partial charge in [-0.1, -0.05) is 0 Å². The molecule has 2 aliphatic rings. The van der Waals surface area contributed by atoms with E-state index in [4.69, 9.17) is 4.74 Å². The molecular weight excluding hydrogens is 340 g/mol. The Kier molecular flexibility index (Phi) is 4.49. The van der Waals surface area contributed by atoms with Crippen molar-refractivity contribution < 1.29 is 23.1 Å². The Morgan fingerprint density at radius 1 is 1.48 bits per heavy atom. The summed E-state index contributed by atoms with van der Waals surface area (Å²) in [5, 5.41) is 12.6. The molecule has 0 saturated heterocycles. The maximum atomic E-state index is 12.6. The van der Waals surface area contributed by atoms with E-state index in [0.717, 1.165) is 29.1 Å². The number of sulfonamides is 1. The molecule has 0 atom stereocenters. The molecule has 3 rings (SSSR count). The molecule has 1 fully saturated rings. The van der Waals surface area contributed by atoms with Crippen LogP contribution in [0.25, 0.3) is 0 Å². The predicted molar refractivity (Wildman–Crippen MR) is 85.4 cm³/mol. The van der Waals surface area contributed by atoms with Crippen molar-refractivity contribution in [3.63, 3.8) is 0 Å². The van der Waals surface area contributed by atoms with E-state index < -0.39 is 16.0 Å². The summed E-state index contributed by atoms with van der Waals surface area (Å²) in [6.45, 7) is 1.96. The molecule has 0 bridgehead atoms. The molecule has 0 spiro atoms. The molecule has 3 N–H and O–H groups in total. The summed E-state index contributed by atoms with van der Waals surface area (Å²) in [6, 6.07) is 0. The zero-order valence-electron chi connectivity index (χ0n) is 12.8. The maximum absolute atomic E-state index is 12.6. The minimum Gasteiger partial charge on any atom is -0.478 e. The number of carboxylic acid groups (broad SMARTS) is 1. The van der Waals surface area contributed by atoms with E-state index in [9.17, 15) is 18.3 Å². The number of nitrogens with one attached hydrogen (secondary N) is 2. The molecule has 1 aromatic heterocycles. The van der Waals surface area contributed by atoms with E-state index in [1.165, 1.54) is 0 Å². The lowest BCUT2D eigenvalue weighted by Gasteiger charge is -2.15. The third-order valence-electron chi connectivity index (χ3n) is 4.40. The van der Waals surface area contributed by atoms with Gasteiger partial charge < -0.3 is 15.2 Å². The second-order valence-corrected chi connectivity index (χ2v) is 9.22.